The third-order valence-electron chi connectivity index (χ3n) is 2.33. The molecular formula is C10H16BrN3O2. The average molecular weight is 290 g/mol. The lowest BCUT2D eigenvalue weighted by Crippen LogP contribution is -2.23. The highest BCUT2D eigenvalue weighted by Crippen LogP contribution is 2.29. The lowest BCUT2D eigenvalue weighted by Gasteiger charge is -2.19. The molecule has 1 unspecified atom stereocenters. The predicted octanol–water partition coefficient (Wildman–Crippen LogP) is 1.88. The quantitative estimate of drug-likeness (QED) is 0.794. The van der Waals surface area contributed by atoms with E-state index in [1.165, 1.54) is 0 Å². The third-order valence-corrected chi connectivity index (χ3v) is 2.89. The van der Waals surface area contributed by atoms with E-state index in [-0.39, 0.29) is 17.8 Å². The van der Waals surface area contributed by atoms with E-state index in [0.717, 1.165) is 5.69 Å². The summed E-state index contributed by atoms with van der Waals surface area (Å²) in [5.74, 6) is -0.439. The number of hydrogen-bond acceptors (Lipinski definition) is 4. The van der Waals surface area contributed by atoms with E-state index >= 15 is 0 Å². The van der Waals surface area contributed by atoms with Crippen LogP contribution in [0.1, 0.15) is 32.4 Å². The van der Waals surface area contributed by atoms with E-state index in [1.54, 1.807) is 18.7 Å². The second-order valence-electron chi connectivity index (χ2n) is 3.86. The highest BCUT2D eigenvalue weighted by Gasteiger charge is 2.31. The first kappa shape index (κ1) is 13.2. The number of aromatic nitrogens is 3. The molecule has 5 nitrogen and oxygen atoms in total. The van der Waals surface area contributed by atoms with Crippen LogP contribution < -0.4 is 0 Å². The molecule has 0 saturated heterocycles. The number of ether oxygens (including phenoxy) is 1. The molecule has 0 aromatic carbocycles. The molecule has 16 heavy (non-hydrogen) atoms. The second-order valence-corrected chi connectivity index (χ2v) is 4.61. The number of hydrogen-bond donors (Lipinski definition) is 0. The Morgan fingerprint density at radius 3 is 2.56 bits per heavy atom. The molecule has 0 saturated carbocycles. The van der Waals surface area contributed by atoms with Gasteiger partial charge in [0.2, 0.25) is 0 Å². The van der Waals surface area contributed by atoms with Crippen molar-refractivity contribution in [2.75, 3.05) is 6.61 Å². The highest BCUT2D eigenvalue weighted by molar-refractivity contribution is 9.10. The van der Waals surface area contributed by atoms with E-state index in [1.807, 2.05) is 13.8 Å². The zero-order chi connectivity index (χ0) is 12.3. The Kier molecular flexibility index (Phi) is 4.46. The Balaban J connectivity index is 3.08. The summed E-state index contributed by atoms with van der Waals surface area (Å²) in [4.78, 5) is 11.9. The molecule has 0 spiro atoms. The molecule has 1 aromatic rings. The zero-order valence-corrected chi connectivity index (χ0v) is 11.5. The van der Waals surface area contributed by atoms with Crippen LogP contribution in [0, 0.1) is 5.92 Å². The maximum atomic E-state index is 11.9. The maximum absolute atomic E-state index is 11.9. The fourth-order valence-electron chi connectivity index (χ4n) is 1.60. The molecule has 6 heteroatoms. The van der Waals surface area contributed by atoms with Gasteiger partial charge in [0.05, 0.1) is 12.3 Å². The van der Waals surface area contributed by atoms with Gasteiger partial charge in [0.1, 0.15) is 5.92 Å². The number of halogens is 1. The highest BCUT2D eigenvalue weighted by atomic mass is 79.9. The first-order chi connectivity index (χ1) is 7.49. The molecule has 0 aliphatic heterocycles. The van der Waals surface area contributed by atoms with E-state index in [0.29, 0.717) is 11.2 Å². The van der Waals surface area contributed by atoms with E-state index < -0.39 is 0 Å². The summed E-state index contributed by atoms with van der Waals surface area (Å²) in [7, 11) is 1.77. The molecule has 1 atom stereocenters. The summed E-state index contributed by atoms with van der Waals surface area (Å²) in [6, 6.07) is 0. The fraction of sp³-hybridized carbons (Fsp3) is 0.700. The summed E-state index contributed by atoms with van der Waals surface area (Å²) >= 11 is 3.30. The van der Waals surface area contributed by atoms with Crippen LogP contribution in [0.5, 0.6) is 0 Å². The van der Waals surface area contributed by atoms with Crippen molar-refractivity contribution in [3.8, 4) is 0 Å². The SMILES string of the molecule is CCOC(=O)C(c1c(Br)nnn1C)C(C)C. The van der Waals surface area contributed by atoms with Crippen LogP contribution in [0.4, 0.5) is 0 Å². The molecule has 0 bridgehead atoms. The molecule has 0 amide bonds. The molecule has 1 aromatic heterocycles. The van der Waals surface area contributed by atoms with Crippen LogP contribution in [0.3, 0.4) is 0 Å². The third kappa shape index (κ3) is 2.61. The molecule has 0 aliphatic carbocycles. The van der Waals surface area contributed by atoms with Crippen LogP contribution in [0.15, 0.2) is 4.60 Å². The van der Waals surface area contributed by atoms with E-state index in [4.69, 9.17) is 4.74 Å². The second kappa shape index (κ2) is 5.43. The molecule has 0 fully saturated rings. The lowest BCUT2D eigenvalue weighted by atomic mass is 9.93. The Bertz CT molecular complexity index is 357. The molecule has 1 heterocycles. The average Bonchev–Trinajstić information content (AvgIpc) is 2.50. The first-order valence-corrected chi connectivity index (χ1v) is 6.00. The Morgan fingerprint density at radius 2 is 2.19 bits per heavy atom. The van der Waals surface area contributed by atoms with Crippen molar-refractivity contribution in [1.29, 1.82) is 0 Å². The Labute approximate surface area is 103 Å². The van der Waals surface area contributed by atoms with E-state index in [9.17, 15) is 4.79 Å². The topological polar surface area (TPSA) is 57.0 Å². The van der Waals surface area contributed by atoms with Crippen LogP contribution in [0.2, 0.25) is 0 Å². The number of carbonyl (C=O) groups is 1. The van der Waals surface area contributed by atoms with Crippen LogP contribution in [0.25, 0.3) is 0 Å². The molecule has 0 aliphatic rings. The molecule has 90 valence electrons. The fourth-order valence-corrected chi connectivity index (χ4v) is 2.17. The zero-order valence-electron chi connectivity index (χ0n) is 9.90. The van der Waals surface area contributed by atoms with Gasteiger partial charge in [-0.1, -0.05) is 19.1 Å². The van der Waals surface area contributed by atoms with Gasteiger partial charge in [-0.2, -0.15) is 0 Å². The predicted molar refractivity (Wildman–Crippen MR) is 62.9 cm³/mol. The van der Waals surface area contributed by atoms with Crippen molar-refractivity contribution >= 4 is 21.9 Å². The summed E-state index contributed by atoms with van der Waals surface area (Å²) in [5, 5.41) is 7.76. The summed E-state index contributed by atoms with van der Waals surface area (Å²) in [6.07, 6.45) is 0. The number of carbonyl (C=O) groups excluding carboxylic acids is 1. The monoisotopic (exact) mass is 289 g/mol. The number of aryl methyl sites for hydroxylation is 1. The van der Waals surface area contributed by atoms with Crippen LogP contribution in [-0.2, 0) is 16.6 Å². The maximum Gasteiger partial charge on any atom is 0.315 e. The van der Waals surface area contributed by atoms with Gasteiger partial charge in [-0.25, -0.2) is 0 Å². The van der Waals surface area contributed by atoms with Gasteiger partial charge in [0.25, 0.3) is 0 Å². The largest absolute Gasteiger partial charge is 0.465 e. The van der Waals surface area contributed by atoms with Crippen molar-refractivity contribution < 1.29 is 9.53 Å². The number of rotatable bonds is 4. The molecular weight excluding hydrogens is 274 g/mol. The minimum Gasteiger partial charge on any atom is -0.465 e. The normalized spacial score (nSPS) is 12.9. The van der Waals surface area contributed by atoms with Gasteiger partial charge in [-0.05, 0) is 28.8 Å². The van der Waals surface area contributed by atoms with Gasteiger partial charge in [0.15, 0.2) is 4.60 Å². The summed E-state index contributed by atoms with van der Waals surface area (Å²) in [5.41, 5.74) is 0.758. The van der Waals surface area contributed by atoms with E-state index in [2.05, 4.69) is 26.2 Å². The molecule has 1 rings (SSSR count). The smallest absolute Gasteiger partial charge is 0.315 e. The van der Waals surface area contributed by atoms with Gasteiger partial charge < -0.3 is 4.74 Å². The van der Waals surface area contributed by atoms with Crippen molar-refractivity contribution in [3.05, 3.63) is 10.3 Å². The van der Waals surface area contributed by atoms with Gasteiger partial charge in [-0.15, -0.1) is 5.10 Å². The first-order valence-electron chi connectivity index (χ1n) is 5.20. The van der Waals surface area contributed by atoms with Crippen molar-refractivity contribution in [3.63, 3.8) is 0 Å². The standard InChI is InChI=1S/C10H16BrN3O2/c1-5-16-10(15)7(6(2)3)8-9(11)12-13-14(8)4/h6-7H,5H2,1-4H3. The van der Waals surface area contributed by atoms with Gasteiger partial charge in [-0.3, -0.25) is 9.48 Å². The van der Waals surface area contributed by atoms with Crippen molar-refractivity contribution in [2.24, 2.45) is 13.0 Å². The lowest BCUT2D eigenvalue weighted by molar-refractivity contribution is -0.146. The number of esters is 1. The molecule has 0 radical (unpaired) electrons. The summed E-state index contributed by atoms with van der Waals surface area (Å²) in [6.45, 7) is 6.12. The summed E-state index contributed by atoms with van der Waals surface area (Å²) < 4.78 is 7.27. The van der Waals surface area contributed by atoms with Crippen LogP contribution >= 0.6 is 15.9 Å². The van der Waals surface area contributed by atoms with Crippen molar-refractivity contribution in [1.82, 2.24) is 15.0 Å². The number of nitrogens with zero attached hydrogens (tertiary/aromatic N) is 3. The minimum absolute atomic E-state index is 0.132. The van der Waals surface area contributed by atoms with Crippen molar-refractivity contribution in [2.45, 2.75) is 26.7 Å². The Morgan fingerprint density at radius 1 is 1.56 bits per heavy atom. The molecule has 0 N–H and O–H groups in total. The van der Waals surface area contributed by atoms with Gasteiger partial charge >= 0.3 is 5.97 Å². The minimum atomic E-state index is -0.339. The Hall–Kier alpha value is -0.910. The van der Waals surface area contributed by atoms with Crippen LogP contribution in [-0.4, -0.2) is 27.6 Å². The van der Waals surface area contributed by atoms with Gasteiger partial charge in [0, 0.05) is 7.05 Å².